The summed E-state index contributed by atoms with van der Waals surface area (Å²) in [6.45, 7) is 0. The molecule has 0 amide bonds. The maximum absolute atomic E-state index is 5.18. The summed E-state index contributed by atoms with van der Waals surface area (Å²) in [4.78, 5) is 28.7. The number of benzene rings is 5. The summed E-state index contributed by atoms with van der Waals surface area (Å²) in [6, 6.07) is 54.3. The number of rotatable bonds is 4. The summed E-state index contributed by atoms with van der Waals surface area (Å²) in [6.07, 6.45) is 7.11. The van der Waals surface area contributed by atoms with E-state index in [0.717, 1.165) is 28.2 Å². The number of hydrogen-bond acceptors (Lipinski definition) is 7. The van der Waals surface area contributed by atoms with Crippen LogP contribution in [0, 0.1) is 0 Å². The molecule has 0 N–H and O–H groups in total. The molecule has 5 aromatic carbocycles. The van der Waals surface area contributed by atoms with Crippen LogP contribution in [0.15, 0.2) is 176 Å². The van der Waals surface area contributed by atoms with Gasteiger partial charge in [-0.3, -0.25) is 0 Å². The van der Waals surface area contributed by atoms with E-state index >= 15 is 0 Å². The fourth-order valence-electron chi connectivity index (χ4n) is 7.86. The molecule has 240 valence electrons. The van der Waals surface area contributed by atoms with Crippen molar-refractivity contribution in [3.8, 4) is 22.8 Å². The van der Waals surface area contributed by atoms with Gasteiger partial charge in [-0.05, 0) is 0 Å². The topological polar surface area (TPSA) is 70.9 Å². The van der Waals surface area contributed by atoms with E-state index in [4.69, 9.17) is 15.0 Å². The van der Waals surface area contributed by atoms with E-state index in [2.05, 4.69) is 147 Å². The summed E-state index contributed by atoms with van der Waals surface area (Å²) in [5.74, 6) is 1.65. The molecular weight excluding hydrogens is 687 g/mol. The minimum atomic E-state index is -3.73. The average Bonchev–Trinajstić information content (AvgIpc) is 3.21. The molecule has 0 bridgehead atoms. The van der Waals surface area contributed by atoms with Crippen LogP contribution < -0.4 is 27.4 Å². The van der Waals surface area contributed by atoms with E-state index < -0.39 is 13.3 Å². The molecule has 0 fully saturated rings. The molecule has 0 atom stereocenters. The molecule has 1 spiro atoms. The Labute approximate surface area is 298 Å². The summed E-state index contributed by atoms with van der Waals surface area (Å²) in [7, 11) is 0. The van der Waals surface area contributed by atoms with Crippen LogP contribution in [-0.2, 0) is 0 Å². The van der Waals surface area contributed by atoms with Crippen molar-refractivity contribution in [3.63, 3.8) is 0 Å². The maximum atomic E-state index is 5.18. The second-order valence-electron chi connectivity index (χ2n) is 12.6. The molecule has 7 nitrogen and oxygen atoms in total. The first-order valence-electron chi connectivity index (χ1n) is 16.9. The Balaban J connectivity index is 1.28. The molecule has 0 saturated heterocycles. The van der Waals surface area contributed by atoms with Gasteiger partial charge in [0, 0.05) is 0 Å². The van der Waals surface area contributed by atoms with Crippen molar-refractivity contribution in [2.24, 2.45) is 0 Å². The van der Waals surface area contributed by atoms with Crippen LogP contribution in [0.25, 0.3) is 22.8 Å². The van der Waals surface area contributed by atoms with Crippen molar-refractivity contribution < 1.29 is 0 Å². The average molecular weight is 716 g/mol. The first-order chi connectivity index (χ1) is 25.3. The van der Waals surface area contributed by atoms with Crippen LogP contribution >= 0.6 is 0 Å². The summed E-state index contributed by atoms with van der Waals surface area (Å²) >= 11 is -3.73. The Hall–Kier alpha value is -6.45. The standard InChI is InChI=1S/C43H29GeN7/c1-2-16-32(17-3-1)50-37-22-8-4-18-33(37)44(34-19-5-9-23-38(34)50)35-20-6-10-24-39(35)51(40-25-11-7-21-36(40)44)43-48-41(30-14-12-26-45-28-30)47-42(49-43)31-15-13-27-46-29-31/h1-29H. The van der Waals surface area contributed by atoms with Gasteiger partial charge in [-0.25, -0.2) is 0 Å². The van der Waals surface area contributed by atoms with Crippen LogP contribution in [0.3, 0.4) is 0 Å². The van der Waals surface area contributed by atoms with Gasteiger partial charge in [0.05, 0.1) is 0 Å². The molecule has 2 aliphatic rings. The molecule has 0 saturated carbocycles. The number of anilines is 6. The van der Waals surface area contributed by atoms with E-state index in [1.165, 1.54) is 29.0 Å². The quantitative estimate of drug-likeness (QED) is 0.183. The van der Waals surface area contributed by atoms with E-state index in [9.17, 15) is 0 Å². The van der Waals surface area contributed by atoms with Crippen molar-refractivity contribution in [3.05, 3.63) is 176 Å². The van der Waals surface area contributed by atoms with Crippen LogP contribution in [0.2, 0.25) is 0 Å². The third-order valence-corrected chi connectivity index (χ3v) is 20.2. The normalized spacial score (nSPS) is 13.6. The number of fused-ring (bicyclic) bond motifs is 8. The first-order valence-corrected chi connectivity index (χ1v) is 21.1. The Kier molecular flexibility index (Phi) is 6.85. The number of aromatic nitrogens is 5. The zero-order chi connectivity index (χ0) is 33.8. The summed E-state index contributed by atoms with van der Waals surface area (Å²) < 4.78 is 5.44. The zero-order valence-corrected chi connectivity index (χ0v) is 29.5. The number of nitrogens with zero attached hydrogens (tertiary/aromatic N) is 7. The van der Waals surface area contributed by atoms with Crippen molar-refractivity contribution in [2.45, 2.75) is 0 Å². The molecule has 0 radical (unpaired) electrons. The van der Waals surface area contributed by atoms with Crippen molar-refractivity contribution in [1.82, 2.24) is 24.9 Å². The van der Waals surface area contributed by atoms with Gasteiger partial charge < -0.3 is 0 Å². The van der Waals surface area contributed by atoms with Gasteiger partial charge in [0.15, 0.2) is 0 Å². The first kappa shape index (κ1) is 29.5. The van der Waals surface area contributed by atoms with E-state index in [1.54, 1.807) is 24.8 Å². The Morgan fingerprint density at radius 2 is 0.784 bits per heavy atom. The summed E-state index contributed by atoms with van der Waals surface area (Å²) in [5.41, 5.74) is 7.37. The molecule has 2 aliphatic heterocycles. The molecular formula is C43H29GeN7. The van der Waals surface area contributed by atoms with Gasteiger partial charge in [-0.2, -0.15) is 0 Å². The van der Waals surface area contributed by atoms with E-state index in [-0.39, 0.29) is 0 Å². The van der Waals surface area contributed by atoms with Crippen molar-refractivity contribution >= 4 is 65.2 Å². The molecule has 8 heteroatoms. The van der Waals surface area contributed by atoms with Crippen molar-refractivity contribution in [1.29, 1.82) is 0 Å². The predicted molar refractivity (Wildman–Crippen MR) is 206 cm³/mol. The summed E-state index contributed by atoms with van der Waals surface area (Å²) in [5, 5.41) is 0. The zero-order valence-electron chi connectivity index (χ0n) is 27.4. The molecule has 10 rings (SSSR count). The fraction of sp³-hybridized carbons (Fsp3) is 0. The fourth-order valence-corrected chi connectivity index (χ4v) is 19.3. The molecule has 5 heterocycles. The third-order valence-electron chi connectivity index (χ3n) is 9.87. The van der Waals surface area contributed by atoms with Crippen LogP contribution in [0.5, 0.6) is 0 Å². The SMILES string of the molecule is c1ccc(N2c3cccc[c]3[Ge]3([c]4ccccc42)[c]2ccccc2N(c2nc(-c4cccnc4)nc(-c4cccnc4)n2)c2cccc[c]23)cc1. The Morgan fingerprint density at radius 1 is 0.373 bits per heavy atom. The number of para-hydroxylation sites is 5. The second-order valence-corrected chi connectivity index (χ2v) is 20.3. The molecule has 0 aliphatic carbocycles. The van der Waals surface area contributed by atoms with Gasteiger partial charge in [-0.15, -0.1) is 0 Å². The molecule has 8 aromatic rings. The molecule has 51 heavy (non-hydrogen) atoms. The van der Waals surface area contributed by atoms with Gasteiger partial charge >= 0.3 is 299 Å². The van der Waals surface area contributed by atoms with Crippen LogP contribution in [0.1, 0.15) is 0 Å². The molecule has 0 unspecified atom stereocenters. The number of pyridine rings is 2. The predicted octanol–water partition coefficient (Wildman–Crippen LogP) is 6.94. The number of hydrogen-bond donors (Lipinski definition) is 0. The van der Waals surface area contributed by atoms with Crippen molar-refractivity contribution in [2.75, 3.05) is 9.80 Å². The monoisotopic (exact) mass is 717 g/mol. The Morgan fingerprint density at radius 3 is 1.22 bits per heavy atom. The van der Waals surface area contributed by atoms with Crippen LogP contribution in [-0.4, -0.2) is 38.2 Å². The van der Waals surface area contributed by atoms with Gasteiger partial charge in [0.25, 0.3) is 0 Å². The van der Waals surface area contributed by atoms with Gasteiger partial charge in [0.2, 0.25) is 0 Å². The van der Waals surface area contributed by atoms with E-state index in [1.807, 2.05) is 24.3 Å². The van der Waals surface area contributed by atoms with E-state index in [0.29, 0.717) is 17.6 Å². The Bertz CT molecular complexity index is 2410. The molecule has 3 aromatic heterocycles. The minimum absolute atomic E-state index is 0.545. The van der Waals surface area contributed by atoms with Gasteiger partial charge in [0.1, 0.15) is 0 Å². The van der Waals surface area contributed by atoms with Crippen LogP contribution in [0.4, 0.5) is 34.4 Å². The van der Waals surface area contributed by atoms with Gasteiger partial charge in [-0.1, -0.05) is 0 Å². The third kappa shape index (κ3) is 4.48. The second kappa shape index (κ2) is 11.9.